The Balaban J connectivity index is 1.52. The molecule has 2 aromatic rings. The molecule has 7 nitrogen and oxygen atoms in total. The van der Waals surface area contributed by atoms with E-state index in [0.29, 0.717) is 12.4 Å². The fraction of sp³-hybridized carbons (Fsp3) is 0.500. The van der Waals surface area contributed by atoms with Crippen LogP contribution in [0.1, 0.15) is 40.3 Å². The highest BCUT2D eigenvalue weighted by molar-refractivity contribution is 7.10. The number of aliphatic hydroxyl groups excluding tert-OH is 1. The number of carbonyl (C=O) groups is 1. The molecule has 22 heavy (non-hydrogen) atoms. The van der Waals surface area contributed by atoms with Gasteiger partial charge in [-0.3, -0.25) is 9.69 Å². The Morgan fingerprint density at radius 2 is 2.32 bits per heavy atom. The van der Waals surface area contributed by atoms with Gasteiger partial charge in [-0.1, -0.05) is 11.2 Å². The molecule has 1 atom stereocenters. The van der Waals surface area contributed by atoms with Crippen molar-refractivity contribution in [2.75, 3.05) is 13.1 Å². The van der Waals surface area contributed by atoms with Crippen LogP contribution in [-0.4, -0.2) is 39.1 Å². The predicted molar refractivity (Wildman–Crippen MR) is 80.1 cm³/mol. The summed E-state index contributed by atoms with van der Waals surface area (Å²) in [6, 6.07) is 3.94. The van der Waals surface area contributed by atoms with Crippen LogP contribution in [0.5, 0.6) is 0 Å². The SMILES string of the molecule is NC(=O)c1nc(CN2CCC(C(O)c3cccs3)CC2)no1. The number of hydrogen-bond acceptors (Lipinski definition) is 7. The van der Waals surface area contributed by atoms with Gasteiger partial charge in [0.2, 0.25) is 0 Å². The molecule has 0 saturated carbocycles. The Kier molecular flexibility index (Phi) is 4.51. The van der Waals surface area contributed by atoms with Crippen molar-refractivity contribution in [3.63, 3.8) is 0 Å². The zero-order valence-corrected chi connectivity index (χ0v) is 12.8. The maximum absolute atomic E-state index is 10.9. The zero-order valence-electron chi connectivity index (χ0n) is 12.0. The average Bonchev–Trinajstić information content (AvgIpc) is 3.19. The van der Waals surface area contributed by atoms with E-state index >= 15 is 0 Å². The summed E-state index contributed by atoms with van der Waals surface area (Å²) in [4.78, 5) is 18.1. The second-order valence-electron chi connectivity index (χ2n) is 5.45. The lowest BCUT2D eigenvalue weighted by molar-refractivity contribution is 0.0581. The van der Waals surface area contributed by atoms with Crippen LogP contribution in [0.3, 0.4) is 0 Å². The van der Waals surface area contributed by atoms with Gasteiger partial charge in [-0.15, -0.1) is 11.3 Å². The Labute approximate surface area is 131 Å². The summed E-state index contributed by atoms with van der Waals surface area (Å²) < 4.78 is 4.77. The number of aliphatic hydroxyl groups is 1. The van der Waals surface area contributed by atoms with Crippen LogP contribution in [0.15, 0.2) is 22.0 Å². The summed E-state index contributed by atoms with van der Waals surface area (Å²) in [7, 11) is 0. The van der Waals surface area contributed by atoms with Crippen LogP contribution in [0.4, 0.5) is 0 Å². The molecule has 1 aliphatic rings. The standard InChI is InChI=1S/C14H18N4O3S/c15-13(20)14-16-11(17-21-14)8-18-5-3-9(4-6-18)12(19)10-2-1-7-22-10/h1-2,7,9,12,19H,3-6,8H2,(H2,15,20). The van der Waals surface area contributed by atoms with Crippen LogP contribution in [0, 0.1) is 5.92 Å². The monoisotopic (exact) mass is 322 g/mol. The summed E-state index contributed by atoms with van der Waals surface area (Å²) in [5, 5.41) is 16.1. The van der Waals surface area contributed by atoms with Crippen molar-refractivity contribution >= 4 is 17.2 Å². The first kappa shape index (κ1) is 15.1. The van der Waals surface area contributed by atoms with Crippen molar-refractivity contribution in [2.45, 2.75) is 25.5 Å². The summed E-state index contributed by atoms with van der Waals surface area (Å²) in [6.07, 6.45) is 1.45. The van der Waals surface area contributed by atoms with Crippen molar-refractivity contribution in [2.24, 2.45) is 11.7 Å². The average molecular weight is 322 g/mol. The normalized spacial score (nSPS) is 18.4. The van der Waals surface area contributed by atoms with E-state index in [4.69, 9.17) is 10.3 Å². The first-order chi connectivity index (χ1) is 10.6. The van der Waals surface area contributed by atoms with E-state index in [0.717, 1.165) is 30.8 Å². The zero-order chi connectivity index (χ0) is 15.5. The molecule has 0 aromatic carbocycles. The number of likely N-dealkylation sites (tertiary alicyclic amines) is 1. The number of primary amides is 1. The van der Waals surface area contributed by atoms with Gasteiger partial charge in [0.1, 0.15) is 0 Å². The van der Waals surface area contributed by atoms with Gasteiger partial charge in [0, 0.05) is 4.88 Å². The molecule has 1 aliphatic heterocycles. The molecule has 1 saturated heterocycles. The molecule has 3 heterocycles. The number of piperidine rings is 1. The smallest absolute Gasteiger partial charge is 0.315 e. The van der Waals surface area contributed by atoms with Crippen LogP contribution in [0.2, 0.25) is 0 Å². The van der Waals surface area contributed by atoms with Gasteiger partial charge in [-0.05, 0) is 43.3 Å². The number of carbonyl (C=O) groups excluding carboxylic acids is 1. The Hall–Kier alpha value is -1.77. The van der Waals surface area contributed by atoms with Crippen molar-refractivity contribution in [3.05, 3.63) is 34.1 Å². The first-order valence-electron chi connectivity index (χ1n) is 7.19. The maximum Gasteiger partial charge on any atom is 0.315 e. The third kappa shape index (κ3) is 3.34. The molecule has 3 rings (SSSR count). The highest BCUT2D eigenvalue weighted by Gasteiger charge is 2.27. The second kappa shape index (κ2) is 6.55. The molecule has 1 unspecified atom stereocenters. The number of thiophene rings is 1. The molecular formula is C14H18N4O3S. The summed E-state index contributed by atoms with van der Waals surface area (Å²) >= 11 is 1.59. The number of rotatable bonds is 5. The van der Waals surface area contributed by atoms with Gasteiger partial charge in [0.25, 0.3) is 0 Å². The third-order valence-corrected chi connectivity index (χ3v) is 4.90. The predicted octanol–water partition coefficient (Wildman–Crippen LogP) is 1.18. The molecule has 8 heteroatoms. The van der Waals surface area contributed by atoms with E-state index in [1.807, 2.05) is 17.5 Å². The molecule has 2 aromatic heterocycles. The molecule has 0 aliphatic carbocycles. The molecule has 118 valence electrons. The molecule has 1 fully saturated rings. The van der Waals surface area contributed by atoms with Crippen LogP contribution < -0.4 is 5.73 Å². The van der Waals surface area contributed by atoms with Gasteiger partial charge in [-0.2, -0.15) is 4.98 Å². The topological polar surface area (TPSA) is 105 Å². The fourth-order valence-electron chi connectivity index (χ4n) is 2.74. The second-order valence-corrected chi connectivity index (χ2v) is 6.43. The van der Waals surface area contributed by atoms with Gasteiger partial charge < -0.3 is 15.4 Å². The Morgan fingerprint density at radius 1 is 1.55 bits per heavy atom. The molecule has 0 spiro atoms. The molecule has 0 radical (unpaired) electrons. The van der Waals surface area contributed by atoms with E-state index in [1.165, 1.54) is 0 Å². The number of hydrogen-bond donors (Lipinski definition) is 2. The molecular weight excluding hydrogens is 304 g/mol. The first-order valence-corrected chi connectivity index (χ1v) is 8.07. The largest absolute Gasteiger partial charge is 0.387 e. The lowest BCUT2D eigenvalue weighted by Gasteiger charge is -2.33. The summed E-state index contributed by atoms with van der Waals surface area (Å²) in [5.74, 6) is -0.123. The minimum atomic E-state index is -0.712. The molecule has 0 bridgehead atoms. The van der Waals surface area contributed by atoms with Gasteiger partial charge >= 0.3 is 11.8 Å². The van der Waals surface area contributed by atoms with Crippen molar-refractivity contribution < 1.29 is 14.4 Å². The van der Waals surface area contributed by atoms with Gasteiger partial charge in [-0.25, -0.2) is 0 Å². The number of nitrogens with two attached hydrogens (primary N) is 1. The quantitative estimate of drug-likeness (QED) is 0.856. The number of amides is 1. The lowest BCUT2D eigenvalue weighted by Crippen LogP contribution is -2.35. The van der Waals surface area contributed by atoms with E-state index in [2.05, 4.69) is 15.0 Å². The van der Waals surface area contributed by atoms with Gasteiger partial charge in [0.15, 0.2) is 5.82 Å². The number of nitrogens with zero attached hydrogens (tertiary/aromatic N) is 3. The molecule has 1 amide bonds. The van der Waals surface area contributed by atoms with Crippen LogP contribution >= 0.6 is 11.3 Å². The summed E-state index contributed by atoms with van der Waals surface area (Å²) in [6.45, 7) is 2.24. The summed E-state index contributed by atoms with van der Waals surface area (Å²) in [5.41, 5.74) is 5.08. The van der Waals surface area contributed by atoms with E-state index < -0.39 is 5.91 Å². The Morgan fingerprint density at radius 3 is 2.91 bits per heavy atom. The number of aromatic nitrogens is 2. The van der Waals surface area contributed by atoms with Crippen LogP contribution in [-0.2, 0) is 6.54 Å². The highest BCUT2D eigenvalue weighted by atomic mass is 32.1. The van der Waals surface area contributed by atoms with Crippen molar-refractivity contribution in [3.8, 4) is 0 Å². The Bertz CT molecular complexity index is 620. The highest BCUT2D eigenvalue weighted by Crippen LogP contribution is 2.33. The van der Waals surface area contributed by atoms with Gasteiger partial charge in [0.05, 0.1) is 12.6 Å². The van der Waals surface area contributed by atoms with E-state index in [9.17, 15) is 9.90 Å². The fourth-order valence-corrected chi connectivity index (χ4v) is 3.54. The van der Waals surface area contributed by atoms with Crippen molar-refractivity contribution in [1.29, 1.82) is 0 Å². The van der Waals surface area contributed by atoms with Crippen molar-refractivity contribution in [1.82, 2.24) is 15.0 Å². The third-order valence-electron chi connectivity index (χ3n) is 3.96. The lowest BCUT2D eigenvalue weighted by atomic mass is 9.90. The molecule has 3 N–H and O–H groups in total. The minimum Gasteiger partial charge on any atom is -0.387 e. The van der Waals surface area contributed by atoms with E-state index in [-0.39, 0.29) is 17.9 Å². The van der Waals surface area contributed by atoms with Crippen LogP contribution in [0.25, 0.3) is 0 Å². The van der Waals surface area contributed by atoms with E-state index in [1.54, 1.807) is 11.3 Å². The maximum atomic E-state index is 10.9. The minimum absolute atomic E-state index is 0.155.